The van der Waals surface area contributed by atoms with E-state index in [1.807, 2.05) is 6.07 Å². The quantitative estimate of drug-likeness (QED) is 0.509. The molecule has 1 amide bonds. The van der Waals surface area contributed by atoms with Crippen LogP contribution in [0.1, 0.15) is 15.9 Å². The topological polar surface area (TPSA) is 74.0 Å². The summed E-state index contributed by atoms with van der Waals surface area (Å²) in [6.07, 6.45) is 1.12. The maximum atomic E-state index is 12.1. The van der Waals surface area contributed by atoms with E-state index in [9.17, 15) is 4.79 Å². The van der Waals surface area contributed by atoms with Gasteiger partial charge in [-0.2, -0.15) is 5.10 Å². The number of benzene rings is 2. The third-order valence-corrected chi connectivity index (χ3v) is 3.27. The second-order valence-corrected chi connectivity index (χ2v) is 5.02. The molecule has 0 unspecified atom stereocenters. The Labute approximate surface area is 136 Å². The molecule has 2 rings (SSSR count). The third-order valence-electron chi connectivity index (χ3n) is 2.70. The van der Waals surface area contributed by atoms with Gasteiger partial charge in [-0.3, -0.25) is 4.79 Å². The number of halogens is 2. The van der Waals surface area contributed by atoms with Gasteiger partial charge < -0.3 is 5.21 Å². The molecule has 0 atom stereocenters. The summed E-state index contributed by atoms with van der Waals surface area (Å²) in [5.74, 6) is -0.521. The number of hydrogen-bond acceptors (Lipinski definition) is 4. The second-order valence-electron chi connectivity index (χ2n) is 4.17. The van der Waals surface area contributed by atoms with E-state index in [1.165, 1.54) is 12.1 Å². The number of rotatable bonds is 4. The third kappa shape index (κ3) is 4.07. The summed E-state index contributed by atoms with van der Waals surface area (Å²) >= 11 is 11.8. The van der Waals surface area contributed by atoms with Crippen molar-refractivity contribution in [3.05, 3.63) is 69.7 Å². The molecule has 5 nitrogen and oxygen atoms in total. The maximum absolute atomic E-state index is 12.1. The van der Waals surface area contributed by atoms with Crippen LogP contribution in [0.3, 0.4) is 0 Å². The van der Waals surface area contributed by atoms with E-state index < -0.39 is 5.91 Å². The highest BCUT2D eigenvalue weighted by Crippen LogP contribution is 2.20. The van der Waals surface area contributed by atoms with Crippen molar-refractivity contribution >= 4 is 41.0 Å². The zero-order valence-corrected chi connectivity index (χ0v) is 12.7. The fourth-order valence-electron chi connectivity index (χ4n) is 1.67. The highest BCUT2D eigenvalue weighted by atomic mass is 35.5. The lowest BCUT2D eigenvalue weighted by molar-refractivity contribution is 0.0955. The highest BCUT2D eigenvalue weighted by molar-refractivity contribution is 6.38. The number of hydrazone groups is 1. The number of carbonyl (C=O) groups is 1. The number of nitrogens with one attached hydrogen (secondary N) is 1. The zero-order valence-electron chi connectivity index (χ0n) is 11.2. The monoisotopic (exact) mass is 335 g/mol. The average Bonchev–Trinajstić information content (AvgIpc) is 2.54. The van der Waals surface area contributed by atoms with E-state index in [1.54, 1.807) is 30.3 Å². The van der Waals surface area contributed by atoms with Gasteiger partial charge >= 0.3 is 0 Å². The van der Waals surface area contributed by atoms with Gasteiger partial charge in [0.05, 0.1) is 16.8 Å². The van der Waals surface area contributed by atoms with Crippen LogP contribution in [0.25, 0.3) is 0 Å². The number of nitrogens with zero attached hydrogens (tertiary/aromatic N) is 2. The van der Waals surface area contributed by atoms with Crippen LogP contribution in [0, 0.1) is 0 Å². The molecule has 112 valence electrons. The van der Waals surface area contributed by atoms with E-state index in [0.29, 0.717) is 10.6 Å². The zero-order chi connectivity index (χ0) is 15.9. The Morgan fingerprint density at radius 1 is 1.14 bits per heavy atom. The van der Waals surface area contributed by atoms with Crippen molar-refractivity contribution in [1.29, 1.82) is 0 Å². The minimum Gasteiger partial charge on any atom is -0.411 e. The summed E-state index contributed by atoms with van der Waals surface area (Å²) in [5.41, 5.74) is 3.52. The number of hydrogen-bond donors (Lipinski definition) is 2. The van der Waals surface area contributed by atoms with Crippen LogP contribution in [0.5, 0.6) is 0 Å². The van der Waals surface area contributed by atoms with E-state index >= 15 is 0 Å². The molecule has 0 aromatic heterocycles. The summed E-state index contributed by atoms with van der Waals surface area (Å²) in [5, 5.41) is 16.2. The van der Waals surface area contributed by atoms with E-state index in [2.05, 4.69) is 15.7 Å². The molecule has 0 aliphatic heterocycles. The van der Waals surface area contributed by atoms with Crippen LogP contribution >= 0.6 is 23.2 Å². The molecule has 0 heterocycles. The largest absolute Gasteiger partial charge is 0.411 e. The maximum Gasteiger partial charge on any atom is 0.272 e. The SMILES string of the molecule is O=C(N/N=C(\C=N\O)c1ccccc1)c1cc(Cl)ccc1Cl. The van der Waals surface area contributed by atoms with Crippen molar-refractivity contribution < 1.29 is 10.0 Å². The molecular weight excluding hydrogens is 325 g/mol. The highest BCUT2D eigenvalue weighted by Gasteiger charge is 2.11. The first-order valence-corrected chi connectivity index (χ1v) is 6.93. The number of carbonyl (C=O) groups excluding carboxylic acids is 1. The number of oxime groups is 1. The normalized spacial score (nSPS) is 11.6. The van der Waals surface area contributed by atoms with Crippen molar-refractivity contribution in [2.75, 3.05) is 0 Å². The first kappa shape index (κ1) is 16.0. The first-order chi connectivity index (χ1) is 10.6. The minimum absolute atomic E-state index is 0.200. The molecule has 22 heavy (non-hydrogen) atoms. The van der Waals surface area contributed by atoms with Gasteiger partial charge in [-0.05, 0) is 18.2 Å². The Kier molecular flexibility index (Phi) is 5.52. The van der Waals surface area contributed by atoms with Crippen LogP contribution in [0.2, 0.25) is 10.0 Å². The Morgan fingerprint density at radius 3 is 2.55 bits per heavy atom. The summed E-state index contributed by atoms with van der Waals surface area (Å²) < 4.78 is 0. The molecule has 0 saturated heterocycles. The van der Waals surface area contributed by atoms with Crippen LogP contribution < -0.4 is 5.43 Å². The Balaban J connectivity index is 2.24. The van der Waals surface area contributed by atoms with Gasteiger partial charge in [-0.25, -0.2) is 5.43 Å². The van der Waals surface area contributed by atoms with Gasteiger partial charge in [0, 0.05) is 10.6 Å². The Morgan fingerprint density at radius 2 is 1.86 bits per heavy atom. The standard InChI is InChI=1S/C15H11Cl2N3O2/c16-11-6-7-13(17)12(8-11)15(21)20-19-14(9-18-22)10-4-2-1-3-5-10/h1-9,22H,(H,20,21)/b18-9+,19-14+. The van der Waals surface area contributed by atoms with Gasteiger partial charge in [0.1, 0.15) is 5.71 Å². The van der Waals surface area contributed by atoms with Gasteiger partial charge in [0.25, 0.3) is 5.91 Å². The van der Waals surface area contributed by atoms with Gasteiger partial charge in [-0.15, -0.1) is 0 Å². The fraction of sp³-hybridized carbons (Fsp3) is 0. The lowest BCUT2D eigenvalue weighted by atomic mass is 10.1. The fourth-order valence-corrected chi connectivity index (χ4v) is 2.05. The Bertz CT molecular complexity index is 731. The predicted octanol–water partition coefficient (Wildman–Crippen LogP) is 3.59. The van der Waals surface area contributed by atoms with E-state index in [0.717, 1.165) is 6.21 Å². The molecule has 0 aliphatic rings. The minimum atomic E-state index is -0.521. The second kappa shape index (κ2) is 7.59. The molecule has 7 heteroatoms. The molecule has 2 aromatic carbocycles. The molecule has 0 spiro atoms. The summed E-state index contributed by atoms with van der Waals surface area (Å²) in [4.78, 5) is 12.1. The molecule has 0 saturated carbocycles. The van der Waals surface area contributed by atoms with Crippen molar-refractivity contribution in [2.45, 2.75) is 0 Å². The van der Waals surface area contributed by atoms with Crippen molar-refractivity contribution in [3.8, 4) is 0 Å². The van der Waals surface area contributed by atoms with Gasteiger partial charge in [-0.1, -0.05) is 58.7 Å². The molecular formula is C15H11Cl2N3O2. The van der Waals surface area contributed by atoms with Crippen LogP contribution in [-0.4, -0.2) is 23.0 Å². The summed E-state index contributed by atoms with van der Waals surface area (Å²) in [6, 6.07) is 13.5. The van der Waals surface area contributed by atoms with Crippen LogP contribution in [0.4, 0.5) is 0 Å². The smallest absolute Gasteiger partial charge is 0.272 e. The van der Waals surface area contributed by atoms with Crippen LogP contribution in [-0.2, 0) is 0 Å². The first-order valence-electron chi connectivity index (χ1n) is 6.17. The molecule has 0 aliphatic carbocycles. The summed E-state index contributed by atoms with van der Waals surface area (Å²) in [6.45, 7) is 0. The van der Waals surface area contributed by atoms with Crippen molar-refractivity contribution in [1.82, 2.24) is 5.43 Å². The van der Waals surface area contributed by atoms with Crippen molar-refractivity contribution in [2.24, 2.45) is 10.3 Å². The molecule has 0 bridgehead atoms. The molecule has 2 aromatic rings. The van der Waals surface area contributed by atoms with Gasteiger partial charge in [0.15, 0.2) is 0 Å². The van der Waals surface area contributed by atoms with E-state index in [-0.39, 0.29) is 16.3 Å². The van der Waals surface area contributed by atoms with Crippen molar-refractivity contribution in [3.63, 3.8) is 0 Å². The molecule has 0 radical (unpaired) electrons. The lowest BCUT2D eigenvalue weighted by Crippen LogP contribution is -2.21. The Hall–Kier alpha value is -2.37. The summed E-state index contributed by atoms with van der Waals surface area (Å²) in [7, 11) is 0. The lowest BCUT2D eigenvalue weighted by Gasteiger charge is -2.05. The van der Waals surface area contributed by atoms with E-state index in [4.69, 9.17) is 28.4 Å². The average molecular weight is 336 g/mol. The number of amides is 1. The van der Waals surface area contributed by atoms with Gasteiger partial charge in [0.2, 0.25) is 0 Å². The molecule has 0 fully saturated rings. The predicted molar refractivity (Wildman–Crippen MR) is 87.2 cm³/mol. The molecule has 2 N–H and O–H groups in total. The van der Waals surface area contributed by atoms with Crippen LogP contribution in [0.15, 0.2) is 58.8 Å².